The first-order valence-electron chi connectivity index (χ1n) is 10.4. The van der Waals surface area contributed by atoms with Crippen LogP contribution < -0.4 is 5.32 Å². The average Bonchev–Trinajstić information content (AvgIpc) is 2.98. The van der Waals surface area contributed by atoms with Crippen LogP contribution in [0.3, 0.4) is 0 Å². The fourth-order valence-electron chi connectivity index (χ4n) is 4.58. The maximum absolute atomic E-state index is 13.5. The molecule has 3 rings (SSSR count). The highest BCUT2D eigenvalue weighted by Crippen LogP contribution is 2.49. The second-order valence-electron chi connectivity index (χ2n) is 7.90. The summed E-state index contributed by atoms with van der Waals surface area (Å²) in [7, 11) is 1.38. The summed E-state index contributed by atoms with van der Waals surface area (Å²) in [5, 5.41) is 2.63. The van der Waals surface area contributed by atoms with Gasteiger partial charge in [0.2, 0.25) is 11.8 Å². The molecule has 0 bridgehead atoms. The van der Waals surface area contributed by atoms with Gasteiger partial charge in [0, 0.05) is 18.0 Å². The number of rotatable bonds is 6. The van der Waals surface area contributed by atoms with Crippen molar-refractivity contribution in [2.45, 2.75) is 45.1 Å². The summed E-state index contributed by atoms with van der Waals surface area (Å²) in [4.78, 5) is 40.6. The summed E-state index contributed by atoms with van der Waals surface area (Å²) < 4.78 is 5.21. The number of benzene rings is 1. The van der Waals surface area contributed by atoms with Gasteiger partial charge in [0.25, 0.3) is 0 Å². The van der Waals surface area contributed by atoms with E-state index in [1.54, 1.807) is 4.90 Å². The number of piperidine rings is 1. The van der Waals surface area contributed by atoms with Gasteiger partial charge in [-0.15, -0.1) is 6.42 Å². The van der Waals surface area contributed by atoms with E-state index in [9.17, 15) is 14.4 Å². The van der Waals surface area contributed by atoms with Crippen LogP contribution in [0.25, 0.3) is 0 Å². The quantitative estimate of drug-likeness (QED) is 0.580. The van der Waals surface area contributed by atoms with E-state index >= 15 is 0 Å². The second kappa shape index (κ2) is 9.62. The third kappa shape index (κ3) is 4.40. The first kappa shape index (κ1) is 21.6. The lowest BCUT2D eigenvalue weighted by molar-refractivity contribution is -0.159. The summed E-state index contributed by atoms with van der Waals surface area (Å²) in [5.74, 6) is 0.996. The number of carbonyl (C=O) groups is 3. The van der Waals surface area contributed by atoms with Gasteiger partial charge >= 0.3 is 5.97 Å². The number of amides is 2. The molecule has 1 N–H and O–H groups in total. The Morgan fingerprint density at radius 1 is 1.30 bits per heavy atom. The summed E-state index contributed by atoms with van der Waals surface area (Å²) >= 11 is 0. The van der Waals surface area contributed by atoms with Crippen LogP contribution in [0, 0.1) is 23.7 Å². The lowest BCUT2D eigenvalue weighted by atomic mass is 9.69. The number of allylic oxidation sites excluding steroid dienone is 1. The molecule has 1 saturated heterocycles. The number of hydrogen-bond acceptors (Lipinski definition) is 4. The van der Waals surface area contributed by atoms with Crippen LogP contribution in [0.2, 0.25) is 0 Å². The fourth-order valence-corrected chi connectivity index (χ4v) is 4.58. The standard InChI is InChI=1S/C24H28N2O4/c1-3-14-25-21(27)15-19-16-24(23(29)30-2)13-9-5-8-12-20(24)26(22(19)28)17-18-10-6-4-7-11-18/h1,4,6-7,10-12,19H,5,8-9,13-17H2,2H3,(H,25,27)/t19-,24+/m1/s1. The number of likely N-dealkylation sites (tertiary alicyclic amines) is 1. The Kier molecular flexibility index (Phi) is 6.94. The number of ether oxygens (including phenoxy) is 1. The highest BCUT2D eigenvalue weighted by atomic mass is 16.5. The van der Waals surface area contributed by atoms with Crippen LogP contribution >= 0.6 is 0 Å². The van der Waals surface area contributed by atoms with Gasteiger partial charge in [0.15, 0.2) is 0 Å². The van der Waals surface area contributed by atoms with Gasteiger partial charge in [-0.25, -0.2) is 0 Å². The first-order chi connectivity index (χ1) is 14.5. The van der Waals surface area contributed by atoms with E-state index in [0.717, 1.165) is 30.5 Å². The third-order valence-corrected chi connectivity index (χ3v) is 5.97. The van der Waals surface area contributed by atoms with Crippen LogP contribution in [0.15, 0.2) is 42.1 Å². The molecule has 2 amide bonds. The molecular weight excluding hydrogens is 380 g/mol. The Bertz CT molecular complexity index is 871. The largest absolute Gasteiger partial charge is 0.468 e. The van der Waals surface area contributed by atoms with Crippen molar-refractivity contribution in [3.8, 4) is 12.3 Å². The molecule has 0 saturated carbocycles. The van der Waals surface area contributed by atoms with Crippen molar-refractivity contribution < 1.29 is 19.1 Å². The molecule has 0 spiro atoms. The van der Waals surface area contributed by atoms with Crippen molar-refractivity contribution in [3.63, 3.8) is 0 Å². The SMILES string of the molecule is C#CCNC(=O)C[C@@H]1C[C@@]2(C(=O)OC)CCCCC=C2N(Cc2ccccc2)C1=O. The zero-order valence-corrected chi connectivity index (χ0v) is 17.4. The lowest BCUT2D eigenvalue weighted by Gasteiger charge is -2.46. The summed E-state index contributed by atoms with van der Waals surface area (Å²) in [5.41, 5.74) is 0.776. The minimum atomic E-state index is -0.912. The number of fused-ring (bicyclic) bond motifs is 1. The monoisotopic (exact) mass is 408 g/mol. The molecule has 2 aliphatic rings. The molecular formula is C24H28N2O4. The zero-order valence-electron chi connectivity index (χ0n) is 17.4. The van der Waals surface area contributed by atoms with Gasteiger partial charge < -0.3 is 15.0 Å². The Morgan fingerprint density at radius 3 is 2.77 bits per heavy atom. The van der Waals surface area contributed by atoms with E-state index in [2.05, 4.69) is 11.2 Å². The van der Waals surface area contributed by atoms with Crippen molar-refractivity contribution in [3.05, 3.63) is 47.7 Å². The number of esters is 1. The van der Waals surface area contributed by atoms with Crippen LogP contribution in [0.4, 0.5) is 0 Å². The Morgan fingerprint density at radius 2 is 2.07 bits per heavy atom. The van der Waals surface area contributed by atoms with E-state index < -0.39 is 11.3 Å². The van der Waals surface area contributed by atoms with Crippen molar-refractivity contribution in [1.82, 2.24) is 10.2 Å². The Labute approximate surface area is 177 Å². The number of nitrogens with one attached hydrogen (secondary N) is 1. The fraction of sp³-hybridized carbons (Fsp3) is 0.458. The molecule has 1 aromatic rings. The summed E-state index contributed by atoms with van der Waals surface area (Å²) in [6.45, 7) is 0.466. The predicted molar refractivity (Wildman–Crippen MR) is 113 cm³/mol. The molecule has 1 fully saturated rings. The lowest BCUT2D eigenvalue weighted by Crippen LogP contribution is -2.53. The van der Waals surface area contributed by atoms with Crippen LogP contribution in [0.1, 0.15) is 44.1 Å². The number of methoxy groups -OCH3 is 1. The normalized spacial score (nSPS) is 23.5. The van der Waals surface area contributed by atoms with Crippen molar-refractivity contribution in [1.29, 1.82) is 0 Å². The Balaban J connectivity index is 1.99. The molecule has 2 atom stereocenters. The topological polar surface area (TPSA) is 75.7 Å². The average molecular weight is 408 g/mol. The summed E-state index contributed by atoms with van der Waals surface area (Å²) in [6, 6.07) is 9.66. The number of carbonyl (C=O) groups excluding carboxylic acids is 3. The number of hydrogen-bond donors (Lipinski definition) is 1. The molecule has 0 radical (unpaired) electrons. The maximum atomic E-state index is 13.5. The maximum Gasteiger partial charge on any atom is 0.317 e. The van der Waals surface area contributed by atoms with Crippen molar-refractivity contribution in [2.75, 3.05) is 13.7 Å². The van der Waals surface area contributed by atoms with E-state index in [0.29, 0.717) is 13.0 Å². The van der Waals surface area contributed by atoms with E-state index in [1.165, 1.54) is 7.11 Å². The van der Waals surface area contributed by atoms with E-state index in [1.807, 2.05) is 36.4 Å². The van der Waals surface area contributed by atoms with Gasteiger partial charge in [-0.2, -0.15) is 0 Å². The molecule has 0 unspecified atom stereocenters. The van der Waals surface area contributed by atoms with Crippen molar-refractivity contribution in [2.24, 2.45) is 11.3 Å². The first-order valence-corrected chi connectivity index (χ1v) is 10.4. The second-order valence-corrected chi connectivity index (χ2v) is 7.90. The smallest absolute Gasteiger partial charge is 0.317 e. The molecule has 1 heterocycles. The van der Waals surface area contributed by atoms with Gasteiger partial charge in [-0.05, 0) is 31.2 Å². The van der Waals surface area contributed by atoms with Crippen LogP contribution in [0.5, 0.6) is 0 Å². The Hall–Kier alpha value is -3.07. The van der Waals surface area contributed by atoms with Gasteiger partial charge in [0.1, 0.15) is 5.41 Å². The third-order valence-electron chi connectivity index (χ3n) is 5.97. The van der Waals surface area contributed by atoms with Gasteiger partial charge in [-0.3, -0.25) is 14.4 Å². The molecule has 6 nitrogen and oxygen atoms in total. The molecule has 1 aliphatic heterocycles. The molecule has 30 heavy (non-hydrogen) atoms. The van der Waals surface area contributed by atoms with Gasteiger partial charge in [-0.1, -0.05) is 48.7 Å². The molecule has 0 aromatic heterocycles. The predicted octanol–water partition coefficient (Wildman–Crippen LogP) is 2.79. The molecule has 158 valence electrons. The molecule has 6 heteroatoms. The zero-order chi connectivity index (χ0) is 21.6. The minimum absolute atomic E-state index is 0.00216. The minimum Gasteiger partial charge on any atom is -0.468 e. The van der Waals surface area contributed by atoms with Gasteiger partial charge in [0.05, 0.1) is 20.2 Å². The van der Waals surface area contributed by atoms with Crippen LogP contribution in [-0.2, 0) is 25.7 Å². The van der Waals surface area contributed by atoms with Crippen LogP contribution in [-0.4, -0.2) is 36.3 Å². The highest BCUT2D eigenvalue weighted by molar-refractivity contribution is 5.92. The number of terminal acetylenes is 1. The van der Waals surface area contributed by atoms with Crippen molar-refractivity contribution >= 4 is 17.8 Å². The molecule has 1 aliphatic carbocycles. The van der Waals surface area contributed by atoms with E-state index in [4.69, 9.17) is 11.2 Å². The number of nitrogens with zero attached hydrogens (tertiary/aromatic N) is 1. The highest BCUT2D eigenvalue weighted by Gasteiger charge is 2.53. The molecule has 1 aromatic carbocycles. The summed E-state index contributed by atoms with van der Waals surface area (Å²) in [6.07, 6.45) is 10.7. The van der Waals surface area contributed by atoms with E-state index in [-0.39, 0.29) is 37.2 Å².